The van der Waals surface area contributed by atoms with Crippen molar-refractivity contribution >= 4 is 0 Å². The molecule has 1 atom stereocenters. The lowest BCUT2D eigenvalue weighted by Crippen LogP contribution is -2.13. The maximum absolute atomic E-state index is 4.88. The Bertz CT molecular complexity index is 183. The van der Waals surface area contributed by atoms with Gasteiger partial charge in [-0.1, -0.05) is 4.85 Å². The van der Waals surface area contributed by atoms with E-state index in [0.29, 0.717) is 12.5 Å². The van der Waals surface area contributed by atoms with Gasteiger partial charge in [0.25, 0.3) is 12.6 Å². The summed E-state index contributed by atoms with van der Waals surface area (Å²) in [5.41, 5.74) is 0. The second-order valence-corrected chi connectivity index (χ2v) is 3.25. The second-order valence-electron chi connectivity index (χ2n) is 3.25. The number of methoxy groups -OCH3 is 1. The van der Waals surface area contributed by atoms with Crippen LogP contribution in [-0.4, -0.2) is 45.3 Å². The average molecular weight is 169 g/mol. The fraction of sp³-hybridized carbons (Fsp3) is 0.889. The van der Waals surface area contributed by atoms with Crippen molar-refractivity contribution < 1.29 is 4.74 Å². The Kier molecular flexibility index (Phi) is 4.06. The molecule has 0 N–H and O–H groups in total. The molecule has 1 heterocycles. The molecule has 1 unspecified atom stereocenters. The summed E-state index contributed by atoms with van der Waals surface area (Å²) in [4.78, 5) is 6.48. The van der Waals surface area contributed by atoms with Crippen molar-refractivity contribution in [1.29, 1.82) is 0 Å². The molecule has 0 radical (unpaired) electrons. The summed E-state index contributed by atoms with van der Waals surface area (Å²) in [5.74, 6) is 0.548. The van der Waals surface area contributed by atoms with E-state index >= 15 is 0 Å². The molecule has 3 heteroatoms. The minimum Gasteiger partial charge on any atom is -0.377 e. The summed E-state index contributed by atoms with van der Waals surface area (Å²) in [5, 5.41) is 0. The van der Waals surface area contributed by atoms with Crippen LogP contribution in [0.25, 0.3) is 4.85 Å². The Morgan fingerprint density at radius 1 is 1.67 bits per heavy atom. The standard InChI is InChI=1S/C9H17N2O/c1-11-5-3-9(8-11)7-10-4-6-12-2/h9H,3-6,8H2,1-2H3/q+1. The van der Waals surface area contributed by atoms with Gasteiger partial charge < -0.3 is 9.64 Å². The number of ether oxygens (including phenoxy) is 1. The van der Waals surface area contributed by atoms with Crippen molar-refractivity contribution in [3.63, 3.8) is 0 Å². The largest absolute Gasteiger partial charge is 0.377 e. The fourth-order valence-corrected chi connectivity index (χ4v) is 1.37. The van der Waals surface area contributed by atoms with Crippen molar-refractivity contribution in [2.45, 2.75) is 6.42 Å². The quantitative estimate of drug-likeness (QED) is 0.572. The Morgan fingerprint density at radius 2 is 2.50 bits per heavy atom. The summed E-state index contributed by atoms with van der Waals surface area (Å²) in [7, 11) is 3.83. The molecule has 0 aromatic heterocycles. The van der Waals surface area contributed by atoms with E-state index in [-0.39, 0.29) is 0 Å². The molecule has 1 aliphatic rings. The minimum absolute atomic E-state index is 0.548. The van der Waals surface area contributed by atoms with Crippen LogP contribution in [0.3, 0.4) is 0 Å². The number of hydrogen-bond donors (Lipinski definition) is 0. The Morgan fingerprint density at radius 3 is 3.08 bits per heavy atom. The lowest BCUT2D eigenvalue weighted by molar-refractivity contribution is 0.213. The molecule has 0 aromatic carbocycles. The molecule has 1 aliphatic heterocycles. The summed E-state index contributed by atoms with van der Waals surface area (Å²) in [6, 6.07) is 3.15. The van der Waals surface area contributed by atoms with E-state index < -0.39 is 0 Å². The molecule has 0 saturated carbocycles. The average Bonchev–Trinajstić information content (AvgIpc) is 2.45. The van der Waals surface area contributed by atoms with E-state index in [2.05, 4.69) is 22.9 Å². The monoisotopic (exact) mass is 169 g/mol. The summed E-state index contributed by atoms with van der Waals surface area (Å²) < 4.78 is 4.88. The van der Waals surface area contributed by atoms with Crippen molar-refractivity contribution in [3.8, 4) is 6.07 Å². The molecule has 0 aliphatic carbocycles. The molecule has 1 fully saturated rings. The normalized spacial score (nSPS) is 23.7. The second kappa shape index (κ2) is 5.13. The van der Waals surface area contributed by atoms with Crippen molar-refractivity contribution in [2.75, 3.05) is 40.4 Å². The van der Waals surface area contributed by atoms with Gasteiger partial charge in [-0.15, -0.1) is 0 Å². The first kappa shape index (κ1) is 9.50. The van der Waals surface area contributed by atoms with Gasteiger partial charge in [0.1, 0.15) is 12.5 Å². The van der Waals surface area contributed by atoms with Crippen LogP contribution in [0.5, 0.6) is 0 Å². The van der Waals surface area contributed by atoms with Gasteiger partial charge in [-0.3, -0.25) is 0 Å². The molecule has 12 heavy (non-hydrogen) atoms. The highest BCUT2D eigenvalue weighted by atomic mass is 16.5. The van der Waals surface area contributed by atoms with Gasteiger partial charge in [0.15, 0.2) is 0 Å². The van der Waals surface area contributed by atoms with Crippen molar-refractivity contribution in [2.24, 2.45) is 5.92 Å². The molecule has 1 saturated heterocycles. The zero-order chi connectivity index (χ0) is 8.81. The van der Waals surface area contributed by atoms with Gasteiger partial charge in [-0.2, -0.15) is 0 Å². The maximum atomic E-state index is 4.88. The lowest BCUT2D eigenvalue weighted by atomic mass is 10.1. The first-order valence-corrected chi connectivity index (χ1v) is 4.42. The van der Waals surface area contributed by atoms with Crippen LogP contribution < -0.4 is 0 Å². The highest BCUT2D eigenvalue weighted by molar-refractivity contribution is 4.98. The predicted molar refractivity (Wildman–Crippen MR) is 49.6 cm³/mol. The molecule has 0 aromatic rings. The molecule has 1 rings (SSSR count). The third kappa shape index (κ3) is 3.21. The third-order valence-corrected chi connectivity index (χ3v) is 2.07. The minimum atomic E-state index is 0.548. The van der Waals surface area contributed by atoms with Gasteiger partial charge in [-0.25, -0.2) is 0 Å². The van der Waals surface area contributed by atoms with Crippen LogP contribution >= 0.6 is 0 Å². The first-order chi connectivity index (χ1) is 5.83. The van der Waals surface area contributed by atoms with Gasteiger partial charge in [0, 0.05) is 13.7 Å². The number of likely N-dealkylation sites (tertiary alicyclic amines) is 1. The van der Waals surface area contributed by atoms with E-state index in [1.165, 1.54) is 13.0 Å². The number of rotatable bonds is 2. The SMILES string of the molecule is COCC[N+]#CC1CCN(C)C1. The van der Waals surface area contributed by atoms with E-state index in [1.54, 1.807) is 7.11 Å². The van der Waals surface area contributed by atoms with Crippen LogP contribution in [0.15, 0.2) is 0 Å². The van der Waals surface area contributed by atoms with E-state index in [0.717, 1.165) is 13.1 Å². The Hall–Kier alpha value is -0.590. The Labute approximate surface area is 74.1 Å². The van der Waals surface area contributed by atoms with Crippen LogP contribution in [0, 0.1) is 12.0 Å². The van der Waals surface area contributed by atoms with Crippen molar-refractivity contribution in [1.82, 2.24) is 4.90 Å². The summed E-state index contributed by atoms with van der Waals surface area (Å²) in [6.45, 7) is 3.74. The summed E-state index contributed by atoms with van der Waals surface area (Å²) in [6.07, 6.45) is 1.20. The number of nitrogens with zero attached hydrogens (tertiary/aromatic N) is 2. The van der Waals surface area contributed by atoms with Crippen molar-refractivity contribution in [3.05, 3.63) is 4.85 Å². The fourth-order valence-electron chi connectivity index (χ4n) is 1.37. The molecular weight excluding hydrogens is 152 g/mol. The van der Waals surface area contributed by atoms with Crippen LogP contribution in [-0.2, 0) is 4.74 Å². The molecule has 3 nitrogen and oxygen atoms in total. The molecule has 0 amide bonds. The van der Waals surface area contributed by atoms with Crippen LogP contribution in [0.2, 0.25) is 0 Å². The van der Waals surface area contributed by atoms with E-state index in [1.807, 2.05) is 0 Å². The van der Waals surface area contributed by atoms with Crippen LogP contribution in [0.1, 0.15) is 6.42 Å². The van der Waals surface area contributed by atoms with Gasteiger partial charge in [0.2, 0.25) is 0 Å². The molecule has 0 bridgehead atoms. The lowest BCUT2D eigenvalue weighted by Gasteiger charge is -2.01. The number of hydrogen-bond acceptors (Lipinski definition) is 2. The van der Waals surface area contributed by atoms with Crippen LogP contribution in [0.4, 0.5) is 0 Å². The van der Waals surface area contributed by atoms with E-state index in [9.17, 15) is 0 Å². The predicted octanol–water partition coefficient (Wildman–Crippen LogP) is 0.917. The van der Waals surface area contributed by atoms with Gasteiger partial charge >= 0.3 is 0 Å². The zero-order valence-electron chi connectivity index (χ0n) is 7.92. The molecule has 0 spiro atoms. The van der Waals surface area contributed by atoms with Gasteiger partial charge in [-0.05, 0) is 20.0 Å². The highest BCUT2D eigenvalue weighted by Crippen LogP contribution is 2.12. The first-order valence-electron chi connectivity index (χ1n) is 4.42. The highest BCUT2D eigenvalue weighted by Gasteiger charge is 2.21. The zero-order valence-corrected chi connectivity index (χ0v) is 7.92. The topological polar surface area (TPSA) is 16.8 Å². The maximum Gasteiger partial charge on any atom is 0.286 e. The van der Waals surface area contributed by atoms with E-state index in [4.69, 9.17) is 4.74 Å². The summed E-state index contributed by atoms with van der Waals surface area (Å²) >= 11 is 0. The smallest absolute Gasteiger partial charge is 0.286 e. The van der Waals surface area contributed by atoms with Gasteiger partial charge in [0.05, 0.1) is 0 Å². The molecular formula is C9H17N2O+. The molecule has 68 valence electrons. The third-order valence-electron chi connectivity index (χ3n) is 2.07. The Balaban J connectivity index is 2.16.